The maximum absolute atomic E-state index is 11.8. The Kier molecular flexibility index (Phi) is 10.4. The molecule has 0 aromatic heterocycles. The molecule has 1 rings (SSSR count). The van der Waals surface area contributed by atoms with Gasteiger partial charge in [-0.1, -0.05) is 15.9 Å². The summed E-state index contributed by atoms with van der Waals surface area (Å²) in [5, 5.41) is 5.93. The van der Waals surface area contributed by atoms with E-state index in [1.54, 1.807) is 11.8 Å². The highest BCUT2D eigenvalue weighted by molar-refractivity contribution is 9.10. The quantitative estimate of drug-likeness (QED) is 0.575. The second kappa shape index (κ2) is 10.5. The van der Waals surface area contributed by atoms with Crippen LogP contribution in [0.25, 0.3) is 0 Å². The number of rotatable bonds is 7. The fourth-order valence-electron chi connectivity index (χ4n) is 1.39. The van der Waals surface area contributed by atoms with Crippen molar-refractivity contribution in [2.45, 2.75) is 23.5 Å². The van der Waals surface area contributed by atoms with Gasteiger partial charge in [-0.15, -0.1) is 24.2 Å². The molecule has 108 valence electrons. The van der Waals surface area contributed by atoms with E-state index in [1.807, 2.05) is 38.2 Å². The molecule has 3 nitrogen and oxygen atoms in total. The Hall–Kier alpha value is -0.230. The smallest absolute Gasteiger partial charge is 0.233 e. The molecular formula is C13H20BrClN2OS. The summed E-state index contributed by atoms with van der Waals surface area (Å²) in [5.74, 6) is 0.0963. The van der Waals surface area contributed by atoms with Crippen molar-refractivity contribution in [3.8, 4) is 0 Å². The molecule has 0 fully saturated rings. The van der Waals surface area contributed by atoms with E-state index in [2.05, 4.69) is 26.6 Å². The Morgan fingerprint density at radius 2 is 1.95 bits per heavy atom. The molecule has 0 heterocycles. The summed E-state index contributed by atoms with van der Waals surface area (Å²) in [6.45, 7) is 3.58. The fraction of sp³-hybridized carbons (Fsp3) is 0.462. The number of thioether (sulfide) groups is 1. The summed E-state index contributed by atoms with van der Waals surface area (Å²) in [5.41, 5.74) is 0. The second-order valence-corrected chi connectivity index (χ2v) is 6.29. The topological polar surface area (TPSA) is 41.1 Å². The van der Waals surface area contributed by atoms with E-state index in [0.29, 0.717) is 0 Å². The monoisotopic (exact) mass is 366 g/mol. The lowest BCUT2D eigenvalue weighted by Gasteiger charge is -2.12. The molecule has 2 N–H and O–H groups in total. The minimum absolute atomic E-state index is 0. The van der Waals surface area contributed by atoms with E-state index in [9.17, 15) is 4.79 Å². The average Bonchev–Trinajstić information content (AvgIpc) is 2.37. The van der Waals surface area contributed by atoms with Crippen molar-refractivity contribution >= 4 is 46.0 Å². The van der Waals surface area contributed by atoms with Crippen molar-refractivity contribution in [1.29, 1.82) is 0 Å². The molecule has 6 heteroatoms. The first-order valence-electron chi connectivity index (χ1n) is 5.98. The van der Waals surface area contributed by atoms with Gasteiger partial charge in [0.15, 0.2) is 0 Å². The van der Waals surface area contributed by atoms with E-state index in [0.717, 1.165) is 28.9 Å². The van der Waals surface area contributed by atoms with Crippen LogP contribution in [-0.2, 0) is 4.79 Å². The Bertz CT molecular complexity index is 375. The molecule has 0 radical (unpaired) electrons. The van der Waals surface area contributed by atoms with Gasteiger partial charge >= 0.3 is 0 Å². The number of hydrogen-bond donors (Lipinski definition) is 2. The van der Waals surface area contributed by atoms with Crippen molar-refractivity contribution in [2.75, 3.05) is 20.1 Å². The molecular weight excluding hydrogens is 348 g/mol. The molecule has 0 aliphatic rings. The van der Waals surface area contributed by atoms with Gasteiger partial charge in [0.2, 0.25) is 5.91 Å². The van der Waals surface area contributed by atoms with Gasteiger partial charge < -0.3 is 10.6 Å². The second-order valence-electron chi connectivity index (χ2n) is 3.96. The molecule has 1 aromatic rings. The predicted octanol–water partition coefficient (Wildman–Crippen LogP) is 3.08. The lowest BCUT2D eigenvalue weighted by Crippen LogP contribution is -2.32. The van der Waals surface area contributed by atoms with Crippen LogP contribution in [0.4, 0.5) is 0 Å². The molecule has 0 saturated carbocycles. The van der Waals surface area contributed by atoms with Gasteiger partial charge in [-0.2, -0.15) is 0 Å². The number of benzene rings is 1. The molecule has 0 spiro atoms. The van der Waals surface area contributed by atoms with E-state index in [-0.39, 0.29) is 23.6 Å². The zero-order valence-electron chi connectivity index (χ0n) is 11.1. The number of carbonyl (C=O) groups is 1. The summed E-state index contributed by atoms with van der Waals surface area (Å²) < 4.78 is 1.05. The van der Waals surface area contributed by atoms with Crippen LogP contribution in [0.2, 0.25) is 0 Å². The number of halogens is 2. The maximum atomic E-state index is 11.8. The van der Waals surface area contributed by atoms with Gasteiger partial charge in [-0.25, -0.2) is 0 Å². The Morgan fingerprint density at radius 1 is 1.32 bits per heavy atom. The Morgan fingerprint density at radius 3 is 2.53 bits per heavy atom. The van der Waals surface area contributed by atoms with Gasteiger partial charge in [0.1, 0.15) is 0 Å². The van der Waals surface area contributed by atoms with Gasteiger partial charge in [-0.3, -0.25) is 4.79 Å². The minimum Gasteiger partial charge on any atom is -0.355 e. The highest BCUT2D eigenvalue weighted by Crippen LogP contribution is 2.24. The molecule has 0 bridgehead atoms. The first kappa shape index (κ1) is 18.8. The van der Waals surface area contributed by atoms with Crippen LogP contribution in [0.5, 0.6) is 0 Å². The molecule has 1 amide bonds. The van der Waals surface area contributed by atoms with E-state index in [1.165, 1.54) is 0 Å². The van der Waals surface area contributed by atoms with Gasteiger partial charge in [0, 0.05) is 15.9 Å². The van der Waals surface area contributed by atoms with Crippen LogP contribution in [0, 0.1) is 0 Å². The van der Waals surface area contributed by atoms with Crippen LogP contribution in [0.1, 0.15) is 13.3 Å². The number of nitrogens with one attached hydrogen (secondary N) is 2. The van der Waals surface area contributed by atoms with Crippen molar-refractivity contribution in [3.05, 3.63) is 28.7 Å². The molecule has 0 aliphatic carbocycles. The lowest BCUT2D eigenvalue weighted by molar-refractivity contribution is -0.120. The van der Waals surface area contributed by atoms with Crippen LogP contribution in [0.3, 0.4) is 0 Å². The zero-order chi connectivity index (χ0) is 13.4. The molecule has 1 aromatic carbocycles. The van der Waals surface area contributed by atoms with Crippen LogP contribution in [0.15, 0.2) is 33.6 Å². The molecule has 0 aliphatic heterocycles. The van der Waals surface area contributed by atoms with Gasteiger partial charge in [0.25, 0.3) is 0 Å². The first-order valence-corrected chi connectivity index (χ1v) is 7.65. The van der Waals surface area contributed by atoms with Crippen LogP contribution in [-0.4, -0.2) is 31.3 Å². The van der Waals surface area contributed by atoms with Crippen LogP contribution >= 0.6 is 40.1 Å². The summed E-state index contributed by atoms with van der Waals surface area (Å²) >= 11 is 4.97. The number of amides is 1. The Labute approximate surface area is 133 Å². The summed E-state index contributed by atoms with van der Waals surface area (Å²) in [7, 11) is 1.91. The van der Waals surface area contributed by atoms with E-state index < -0.39 is 0 Å². The summed E-state index contributed by atoms with van der Waals surface area (Å²) in [4.78, 5) is 12.9. The van der Waals surface area contributed by atoms with Crippen molar-refractivity contribution < 1.29 is 4.79 Å². The molecule has 1 atom stereocenters. The SMILES string of the molecule is CNCCCNC(=O)C(C)Sc1ccc(Br)cc1.Cl. The van der Waals surface area contributed by atoms with E-state index in [4.69, 9.17) is 0 Å². The third kappa shape index (κ3) is 7.82. The predicted molar refractivity (Wildman–Crippen MR) is 88.3 cm³/mol. The third-order valence-electron chi connectivity index (χ3n) is 2.40. The summed E-state index contributed by atoms with van der Waals surface area (Å²) in [6, 6.07) is 8.00. The van der Waals surface area contributed by atoms with Gasteiger partial charge in [-0.05, 0) is 51.2 Å². The average molecular weight is 368 g/mol. The van der Waals surface area contributed by atoms with Crippen molar-refractivity contribution in [3.63, 3.8) is 0 Å². The normalized spacial score (nSPS) is 11.5. The molecule has 1 unspecified atom stereocenters. The zero-order valence-corrected chi connectivity index (χ0v) is 14.3. The van der Waals surface area contributed by atoms with Crippen LogP contribution < -0.4 is 10.6 Å². The Balaban J connectivity index is 0.00000324. The highest BCUT2D eigenvalue weighted by Gasteiger charge is 2.13. The maximum Gasteiger partial charge on any atom is 0.233 e. The molecule has 0 saturated heterocycles. The largest absolute Gasteiger partial charge is 0.355 e. The van der Waals surface area contributed by atoms with E-state index >= 15 is 0 Å². The van der Waals surface area contributed by atoms with Crippen molar-refractivity contribution in [2.24, 2.45) is 0 Å². The number of hydrogen-bond acceptors (Lipinski definition) is 3. The number of carbonyl (C=O) groups excluding carboxylic acids is 1. The van der Waals surface area contributed by atoms with Crippen molar-refractivity contribution in [1.82, 2.24) is 10.6 Å². The minimum atomic E-state index is -0.0687. The lowest BCUT2D eigenvalue weighted by atomic mass is 10.4. The molecule has 19 heavy (non-hydrogen) atoms. The third-order valence-corrected chi connectivity index (χ3v) is 4.04. The first-order chi connectivity index (χ1) is 8.63. The van der Waals surface area contributed by atoms with Gasteiger partial charge in [0.05, 0.1) is 5.25 Å². The fourth-order valence-corrected chi connectivity index (χ4v) is 2.55. The summed E-state index contributed by atoms with van der Waals surface area (Å²) in [6.07, 6.45) is 0.956. The standard InChI is InChI=1S/C13H19BrN2OS.ClH/c1-10(13(17)16-9-3-8-15-2)18-12-6-4-11(14)5-7-12;/h4-7,10,15H,3,8-9H2,1-2H3,(H,16,17);1H. The highest BCUT2D eigenvalue weighted by atomic mass is 79.9.